The van der Waals surface area contributed by atoms with Crippen molar-refractivity contribution in [2.45, 2.75) is 0 Å². The number of aryl methyl sites for hydroxylation is 1. The van der Waals surface area contributed by atoms with Gasteiger partial charge in [0.25, 0.3) is 5.56 Å². The van der Waals surface area contributed by atoms with Crippen LogP contribution in [0.25, 0.3) is 10.9 Å². The van der Waals surface area contributed by atoms with E-state index in [1.54, 1.807) is 19.2 Å². The molecule has 0 aliphatic heterocycles. The minimum absolute atomic E-state index is 0.128. The molecule has 4 nitrogen and oxygen atoms in total. The normalized spacial score (nSPS) is 10.6. The molecular formula is C11H8BrNO3. The monoisotopic (exact) mass is 281 g/mol. The van der Waals surface area contributed by atoms with Gasteiger partial charge in [0.1, 0.15) is 0 Å². The van der Waals surface area contributed by atoms with E-state index in [1.807, 2.05) is 0 Å². The lowest BCUT2D eigenvalue weighted by Crippen LogP contribution is -2.15. The number of hydrogen-bond donors (Lipinski definition) is 1. The Balaban J connectivity index is 2.92. The summed E-state index contributed by atoms with van der Waals surface area (Å²) in [6.45, 7) is 0. The van der Waals surface area contributed by atoms with Crippen LogP contribution < -0.4 is 5.56 Å². The fourth-order valence-corrected chi connectivity index (χ4v) is 2.35. The third kappa shape index (κ3) is 1.63. The van der Waals surface area contributed by atoms with E-state index in [0.29, 0.717) is 15.4 Å². The van der Waals surface area contributed by atoms with Crippen molar-refractivity contribution in [2.24, 2.45) is 7.05 Å². The maximum Gasteiger partial charge on any atom is 0.335 e. The van der Waals surface area contributed by atoms with Crippen molar-refractivity contribution >= 4 is 32.8 Å². The quantitative estimate of drug-likeness (QED) is 0.870. The van der Waals surface area contributed by atoms with E-state index < -0.39 is 5.97 Å². The number of pyridine rings is 1. The van der Waals surface area contributed by atoms with Crippen molar-refractivity contribution in [1.29, 1.82) is 0 Å². The van der Waals surface area contributed by atoms with Crippen molar-refractivity contribution in [2.75, 3.05) is 0 Å². The molecule has 0 atom stereocenters. The van der Waals surface area contributed by atoms with Crippen LogP contribution in [-0.4, -0.2) is 15.6 Å². The number of nitrogens with zero attached hydrogens (tertiary/aromatic N) is 1. The first kappa shape index (κ1) is 10.9. The molecule has 0 amide bonds. The van der Waals surface area contributed by atoms with Crippen molar-refractivity contribution in [1.82, 2.24) is 4.57 Å². The Morgan fingerprint density at radius 3 is 2.69 bits per heavy atom. The second kappa shape index (κ2) is 3.75. The highest BCUT2D eigenvalue weighted by Gasteiger charge is 2.09. The summed E-state index contributed by atoms with van der Waals surface area (Å²) in [5.41, 5.74) is 0.756. The molecule has 0 unspecified atom stereocenters. The number of aromatic carboxylic acids is 1. The largest absolute Gasteiger partial charge is 0.478 e. The molecule has 0 aliphatic rings. The van der Waals surface area contributed by atoms with E-state index >= 15 is 0 Å². The summed E-state index contributed by atoms with van der Waals surface area (Å²) in [4.78, 5) is 22.3. The molecule has 0 radical (unpaired) electrons. The smallest absolute Gasteiger partial charge is 0.335 e. The Hall–Kier alpha value is -1.62. The van der Waals surface area contributed by atoms with Gasteiger partial charge >= 0.3 is 5.97 Å². The number of hydrogen-bond acceptors (Lipinski definition) is 2. The van der Waals surface area contributed by atoms with Crippen LogP contribution in [0.15, 0.2) is 33.5 Å². The zero-order valence-corrected chi connectivity index (χ0v) is 9.98. The lowest BCUT2D eigenvalue weighted by molar-refractivity contribution is 0.0697. The maximum absolute atomic E-state index is 11.4. The number of carboxylic acid groups (broad SMARTS) is 1. The Morgan fingerprint density at radius 1 is 1.38 bits per heavy atom. The summed E-state index contributed by atoms with van der Waals surface area (Å²) in [6.07, 6.45) is 0. The van der Waals surface area contributed by atoms with Crippen LogP contribution in [0.3, 0.4) is 0 Å². The van der Waals surface area contributed by atoms with Gasteiger partial charge in [-0.05, 0) is 34.1 Å². The topological polar surface area (TPSA) is 59.3 Å². The van der Waals surface area contributed by atoms with Gasteiger partial charge in [-0.15, -0.1) is 0 Å². The summed E-state index contributed by atoms with van der Waals surface area (Å²) in [7, 11) is 1.65. The van der Waals surface area contributed by atoms with Crippen LogP contribution >= 0.6 is 15.9 Å². The number of carboxylic acids is 1. The molecule has 0 bridgehead atoms. The minimum Gasteiger partial charge on any atom is -0.478 e. The van der Waals surface area contributed by atoms with Crippen LogP contribution in [0.1, 0.15) is 10.4 Å². The summed E-state index contributed by atoms with van der Waals surface area (Å²) < 4.78 is 2.08. The maximum atomic E-state index is 11.4. The highest BCUT2D eigenvalue weighted by Crippen LogP contribution is 2.24. The summed E-state index contributed by atoms with van der Waals surface area (Å²) in [6, 6.07) is 6.07. The van der Waals surface area contributed by atoms with Gasteiger partial charge in [0, 0.05) is 23.0 Å². The third-order valence-electron chi connectivity index (χ3n) is 2.41. The first-order valence-corrected chi connectivity index (χ1v) is 5.32. The summed E-state index contributed by atoms with van der Waals surface area (Å²) in [5.74, 6) is -0.989. The average molecular weight is 282 g/mol. The fraction of sp³-hybridized carbons (Fsp3) is 0.0909. The first-order valence-electron chi connectivity index (χ1n) is 4.53. The predicted octanol–water partition coefficient (Wildman–Crippen LogP) is 2.00. The van der Waals surface area contributed by atoms with Crippen LogP contribution in [0.4, 0.5) is 0 Å². The number of benzene rings is 1. The molecule has 0 fully saturated rings. The van der Waals surface area contributed by atoms with E-state index in [-0.39, 0.29) is 11.1 Å². The molecule has 2 aromatic rings. The Bertz CT molecular complexity index is 645. The number of halogens is 1. The molecule has 1 heterocycles. The lowest BCUT2D eigenvalue weighted by Gasteiger charge is -2.07. The number of fused-ring (bicyclic) bond motifs is 1. The molecule has 16 heavy (non-hydrogen) atoms. The fourth-order valence-electron chi connectivity index (χ4n) is 1.61. The van der Waals surface area contributed by atoms with Crippen molar-refractivity contribution in [3.05, 3.63) is 44.7 Å². The van der Waals surface area contributed by atoms with Gasteiger partial charge in [0.2, 0.25) is 0 Å². The highest BCUT2D eigenvalue weighted by molar-refractivity contribution is 9.10. The van der Waals surface area contributed by atoms with Crippen LogP contribution in [-0.2, 0) is 7.05 Å². The van der Waals surface area contributed by atoms with Gasteiger partial charge in [0.15, 0.2) is 0 Å². The Labute approximate surface area is 99.3 Å². The van der Waals surface area contributed by atoms with Crippen molar-refractivity contribution in [3.63, 3.8) is 0 Å². The molecule has 0 aliphatic carbocycles. The summed E-state index contributed by atoms with van der Waals surface area (Å²) >= 11 is 3.28. The van der Waals surface area contributed by atoms with Crippen molar-refractivity contribution in [3.8, 4) is 0 Å². The van der Waals surface area contributed by atoms with E-state index in [0.717, 1.165) is 0 Å². The Morgan fingerprint density at radius 2 is 2.06 bits per heavy atom. The van der Waals surface area contributed by atoms with E-state index in [2.05, 4.69) is 15.9 Å². The molecule has 1 aromatic carbocycles. The van der Waals surface area contributed by atoms with E-state index in [1.165, 1.54) is 16.7 Å². The molecule has 82 valence electrons. The van der Waals surface area contributed by atoms with Gasteiger partial charge in [-0.25, -0.2) is 4.79 Å². The Kier molecular flexibility index (Phi) is 2.55. The molecule has 2 rings (SSSR count). The lowest BCUT2D eigenvalue weighted by atomic mass is 10.1. The standard InChI is InChI=1S/C11H8BrNO3/c1-13-9(14)3-2-6-4-7(11(15)16)5-8(12)10(6)13/h2-5H,1H3,(H,15,16). The van der Waals surface area contributed by atoms with Gasteiger partial charge < -0.3 is 9.67 Å². The average Bonchev–Trinajstić information content (AvgIpc) is 2.22. The molecule has 1 aromatic heterocycles. The second-order valence-electron chi connectivity index (χ2n) is 3.43. The molecule has 0 saturated carbocycles. The minimum atomic E-state index is -0.989. The van der Waals surface area contributed by atoms with Gasteiger partial charge in [-0.1, -0.05) is 0 Å². The first-order chi connectivity index (χ1) is 7.50. The highest BCUT2D eigenvalue weighted by atomic mass is 79.9. The molecule has 1 N–H and O–H groups in total. The number of rotatable bonds is 1. The number of aromatic nitrogens is 1. The van der Waals surface area contributed by atoms with E-state index in [4.69, 9.17) is 5.11 Å². The molecule has 5 heteroatoms. The van der Waals surface area contributed by atoms with Crippen LogP contribution in [0.2, 0.25) is 0 Å². The second-order valence-corrected chi connectivity index (χ2v) is 4.29. The van der Waals surface area contributed by atoms with Crippen LogP contribution in [0, 0.1) is 0 Å². The molecular weight excluding hydrogens is 274 g/mol. The van der Waals surface area contributed by atoms with E-state index in [9.17, 15) is 9.59 Å². The van der Waals surface area contributed by atoms with Gasteiger partial charge in [-0.3, -0.25) is 4.79 Å². The predicted molar refractivity (Wildman–Crippen MR) is 63.8 cm³/mol. The van der Waals surface area contributed by atoms with Gasteiger partial charge in [-0.2, -0.15) is 0 Å². The molecule has 0 saturated heterocycles. The summed E-state index contributed by atoms with van der Waals surface area (Å²) in [5, 5.41) is 9.62. The zero-order valence-electron chi connectivity index (χ0n) is 8.40. The van der Waals surface area contributed by atoms with Gasteiger partial charge in [0.05, 0.1) is 11.1 Å². The SMILES string of the molecule is Cn1c(=O)ccc2cc(C(=O)O)cc(Br)c21. The van der Waals surface area contributed by atoms with Crippen LogP contribution in [0.5, 0.6) is 0 Å². The zero-order chi connectivity index (χ0) is 11.9. The third-order valence-corrected chi connectivity index (χ3v) is 3.02. The molecule has 0 spiro atoms. The van der Waals surface area contributed by atoms with Crippen molar-refractivity contribution < 1.29 is 9.90 Å². The number of carbonyl (C=O) groups is 1.